The van der Waals surface area contributed by atoms with Gasteiger partial charge in [-0.15, -0.1) is 0 Å². The molecule has 1 atom stereocenters. The molecule has 0 bridgehead atoms. The second-order valence-corrected chi connectivity index (χ2v) is 3.39. The van der Waals surface area contributed by atoms with Gasteiger partial charge < -0.3 is 5.11 Å². The zero-order valence-corrected chi connectivity index (χ0v) is 8.21. The highest BCUT2D eigenvalue weighted by molar-refractivity contribution is 9.09. The standard InChI is InChI=1S/C7H5BrClNO2/c8-6(7(11)12)4-2-1-3-5(9)10-4/h1-3,6H,(H,11,12). The number of hydrogen-bond donors (Lipinski definition) is 1. The normalized spacial score (nSPS) is 12.5. The lowest BCUT2D eigenvalue weighted by Crippen LogP contribution is -2.05. The third kappa shape index (κ3) is 2.19. The van der Waals surface area contributed by atoms with E-state index in [1.165, 1.54) is 0 Å². The van der Waals surface area contributed by atoms with Gasteiger partial charge in [-0.1, -0.05) is 33.6 Å². The molecule has 1 unspecified atom stereocenters. The Kier molecular flexibility index (Phi) is 3.05. The Morgan fingerprint density at radius 3 is 2.83 bits per heavy atom. The number of aliphatic carboxylic acids is 1. The highest BCUT2D eigenvalue weighted by Gasteiger charge is 2.16. The first-order valence-corrected chi connectivity index (χ1v) is 4.40. The van der Waals surface area contributed by atoms with Gasteiger partial charge in [-0.3, -0.25) is 4.79 Å². The fraction of sp³-hybridized carbons (Fsp3) is 0.143. The number of alkyl halides is 1. The Hall–Kier alpha value is -0.610. The fourth-order valence-corrected chi connectivity index (χ4v) is 1.12. The van der Waals surface area contributed by atoms with Crippen LogP contribution in [-0.2, 0) is 4.79 Å². The van der Waals surface area contributed by atoms with Gasteiger partial charge >= 0.3 is 5.97 Å². The van der Waals surface area contributed by atoms with E-state index in [4.69, 9.17) is 16.7 Å². The van der Waals surface area contributed by atoms with Gasteiger partial charge in [0.2, 0.25) is 0 Å². The zero-order valence-electron chi connectivity index (χ0n) is 5.87. The van der Waals surface area contributed by atoms with Crippen molar-refractivity contribution in [3.63, 3.8) is 0 Å². The lowest BCUT2D eigenvalue weighted by molar-refractivity contribution is -0.136. The lowest BCUT2D eigenvalue weighted by Gasteiger charge is -2.02. The van der Waals surface area contributed by atoms with E-state index in [1.54, 1.807) is 18.2 Å². The van der Waals surface area contributed by atoms with Crippen molar-refractivity contribution in [3.8, 4) is 0 Å². The highest BCUT2D eigenvalue weighted by Crippen LogP contribution is 2.21. The topological polar surface area (TPSA) is 50.2 Å². The van der Waals surface area contributed by atoms with E-state index >= 15 is 0 Å². The smallest absolute Gasteiger partial charge is 0.323 e. The molecule has 12 heavy (non-hydrogen) atoms. The van der Waals surface area contributed by atoms with Gasteiger partial charge in [0, 0.05) is 0 Å². The van der Waals surface area contributed by atoms with Crippen LogP contribution in [0.1, 0.15) is 10.5 Å². The molecule has 0 spiro atoms. The summed E-state index contributed by atoms with van der Waals surface area (Å²) in [7, 11) is 0. The monoisotopic (exact) mass is 249 g/mol. The molecule has 0 fully saturated rings. The van der Waals surface area contributed by atoms with Gasteiger partial charge in [0.25, 0.3) is 0 Å². The molecule has 0 aromatic carbocycles. The molecule has 5 heteroatoms. The van der Waals surface area contributed by atoms with Crippen molar-refractivity contribution >= 4 is 33.5 Å². The van der Waals surface area contributed by atoms with Crippen LogP contribution in [0.5, 0.6) is 0 Å². The Labute approximate surface area is 82.5 Å². The molecule has 1 N–H and O–H groups in total. The van der Waals surface area contributed by atoms with Crippen LogP contribution in [0.15, 0.2) is 18.2 Å². The van der Waals surface area contributed by atoms with Gasteiger partial charge in [0.05, 0.1) is 5.69 Å². The largest absolute Gasteiger partial charge is 0.480 e. The van der Waals surface area contributed by atoms with Crippen molar-refractivity contribution < 1.29 is 9.90 Å². The van der Waals surface area contributed by atoms with Crippen LogP contribution in [0.25, 0.3) is 0 Å². The third-order valence-electron chi connectivity index (χ3n) is 1.21. The van der Waals surface area contributed by atoms with Gasteiger partial charge in [0.15, 0.2) is 4.83 Å². The summed E-state index contributed by atoms with van der Waals surface area (Å²) in [6, 6.07) is 4.84. The molecule has 3 nitrogen and oxygen atoms in total. The molecule has 64 valence electrons. The SMILES string of the molecule is O=C(O)C(Br)c1cccc(Cl)n1. The van der Waals surface area contributed by atoms with Gasteiger partial charge in [0.1, 0.15) is 5.15 Å². The van der Waals surface area contributed by atoms with E-state index in [-0.39, 0.29) is 0 Å². The molecule has 0 aliphatic heterocycles. The van der Waals surface area contributed by atoms with E-state index in [0.29, 0.717) is 10.8 Å². The predicted octanol–water partition coefficient (Wildman–Crippen LogP) is 2.26. The lowest BCUT2D eigenvalue weighted by atomic mass is 10.3. The van der Waals surface area contributed by atoms with Crippen molar-refractivity contribution in [2.24, 2.45) is 0 Å². The van der Waals surface area contributed by atoms with Crippen LogP contribution in [0.2, 0.25) is 5.15 Å². The van der Waals surface area contributed by atoms with E-state index < -0.39 is 10.8 Å². The minimum Gasteiger partial charge on any atom is -0.480 e. The Morgan fingerprint density at radius 2 is 2.33 bits per heavy atom. The quantitative estimate of drug-likeness (QED) is 0.647. The second-order valence-electron chi connectivity index (χ2n) is 2.09. The van der Waals surface area contributed by atoms with Crippen LogP contribution in [0.3, 0.4) is 0 Å². The van der Waals surface area contributed by atoms with E-state index in [0.717, 1.165) is 0 Å². The number of carboxylic acid groups (broad SMARTS) is 1. The molecule has 0 saturated carbocycles. The Morgan fingerprint density at radius 1 is 1.67 bits per heavy atom. The summed E-state index contributed by atoms with van der Waals surface area (Å²) in [5, 5.41) is 8.89. The van der Waals surface area contributed by atoms with Gasteiger partial charge in [-0.25, -0.2) is 4.98 Å². The number of pyridine rings is 1. The molecule has 0 radical (unpaired) electrons. The molecular weight excluding hydrogens is 245 g/mol. The van der Waals surface area contributed by atoms with E-state index in [9.17, 15) is 4.79 Å². The first-order chi connectivity index (χ1) is 5.61. The molecule has 0 amide bonds. The summed E-state index contributed by atoms with van der Waals surface area (Å²) >= 11 is 8.53. The third-order valence-corrected chi connectivity index (χ3v) is 2.28. The number of rotatable bonds is 2. The molecule has 1 rings (SSSR count). The van der Waals surface area contributed by atoms with Crippen molar-refractivity contribution in [2.75, 3.05) is 0 Å². The van der Waals surface area contributed by atoms with Crippen molar-refractivity contribution in [1.82, 2.24) is 4.98 Å². The molecule has 0 saturated heterocycles. The number of aromatic nitrogens is 1. The maximum absolute atomic E-state index is 10.5. The maximum atomic E-state index is 10.5. The van der Waals surface area contributed by atoms with Gasteiger partial charge in [-0.05, 0) is 12.1 Å². The van der Waals surface area contributed by atoms with Crippen LogP contribution in [0.4, 0.5) is 0 Å². The summed E-state index contributed by atoms with van der Waals surface area (Å²) < 4.78 is 0. The van der Waals surface area contributed by atoms with Gasteiger partial charge in [-0.2, -0.15) is 0 Å². The Balaban J connectivity index is 2.95. The van der Waals surface area contributed by atoms with Crippen LogP contribution in [0, 0.1) is 0 Å². The van der Waals surface area contributed by atoms with Crippen molar-refractivity contribution in [3.05, 3.63) is 29.0 Å². The summed E-state index contributed by atoms with van der Waals surface area (Å²) in [4.78, 5) is 13.5. The minimum absolute atomic E-state index is 0.290. The van der Waals surface area contributed by atoms with Crippen LogP contribution >= 0.6 is 27.5 Å². The first kappa shape index (κ1) is 9.48. The Bertz CT molecular complexity index is 305. The van der Waals surface area contributed by atoms with E-state index in [2.05, 4.69) is 20.9 Å². The predicted molar refractivity (Wildman–Crippen MR) is 48.6 cm³/mol. The summed E-state index contributed by atoms with van der Waals surface area (Å²) in [5.74, 6) is -0.982. The van der Waals surface area contributed by atoms with Crippen LogP contribution < -0.4 is 0 Å². The molecule has 1 aromatic heterocycles. The van der Waals surface area contributed by atoms with Crippen molar-refractivity contribution in [2.45, 2.75) is 4.83 Å². The molecule has 0 aliphatic carbocycles. The molecule has 0 aliphatic rings. The fourth-order valence-electron chi connectivity index (χ4n) is 0.692. The average Bonchev–Trinajstić information content (AvgIpc) is 2.03. The van der Waals surface area contributed by atoms with Crippen LogP contribution in [-0.4, -0.2) is 16.1 Å². The average molecular weight is 250 g/mol. The number of nitrogens with zero attached hydrogens (tertiary/aromatic N) is 1. The van der Waals surface area contributed by atoms with E-state index in [1.807, 2.05) is 0 Å². The number of carboxylic acids is 1. The minimum atomic E-state index is -0.982. The first-order valence-electron chi connectivity index (χ1n) is 3.10. The number of carbonyl (C=O) groups is 1. The molecule has 1 heterocycles. The number of halogens is 2. The summed E-state index contributed by atoms with van der Waals surface area (Å²) in [6.45, 7) is 0. The molecular formula is C7H5BrClNO2. The summed E-state index contributed by atoms with van der Waals surface area (Å²) in [6.07, 6.45) is 0. The maximum Gasteiger partial charge on any atom is 0.323 e. The molecule has 1 aromatic rings. The second kappa shape index (κ2) is 3.87. The summed E-state index contributed by atoms with van der Waals surface area (Å²) in [5.41, 5.74) is 0.398. The number of hydrogen-bond acceptors (Lipinski definition) is 2. The zero-order chi connectivity index (χ0) is 9.14. The highest BCUT2D eigenvalue weighted by atomic mass is 79.9. The van der Waals surface area contributed by atoms with Crippen molar-refractivity contribution in [1.29, 1.82) is 0 Å².